The van der Waals surface area contributed by atoms with Crippen LogP contribution in [0.4, 0.5) is 8.78 Å². The van der Waals surface area contributed by atoms with Crippen LogP contribution in [0.25, 0.3) is 0 Å². The van der Waals surface area contributed by atoms with Crippen LogP contribution in [0.1, 0.15) is 37.1 Å². The number of piperidine rings is 1. The molecule has 0 radical (unpaired) electrons. The third-order valence-electron chi connectivity index (χ3n) is 6.41. The first-order valence-corrected chi connectivity index (χ1v) is 10.4. The Labute approximate surface area is 170 Å². The van der Waals surface area contributed by atoms with E-state index < -0.39 is 11.6 Å². The van der Waals surface area contributed by atoms with Gasteiger partial charge in [-0.1, -0.05) is 6.07 Å². The van der Waals surface area contributed by atoms with Crippen molar-refractivity contribution < 1.29 is 13.6 Å². The zero-order chi connectivity index (χ0) is 20.4. The molecule has 2 fully saturated rings. The van der Waals surface area contributed by atoms with Crippen molar-refractivity contribution in [3.05, 3.63) is 53.6 Å². The Balaban J connectivity index is 1.33. The first kappa shape index (κ1) is 20.0. The van der Waals surface area contributed by atoms with Crippen molar-refractivity contribution in [3.8, 4) is 0 Å². The number of rotatable bonds is 5. The van der Waals surface area contributed by atoms with Crippen LogP contribution in [-0.4, -0.2) is 51.4 Å². The number of hydrogen-bond acceptors (Lipinski definition) is 3. The molecule has 1 amide bonds. The number of likely N-dealkylation sites (tertiary alicyclic amines) is 2. The molecule has 0 bridgehead atoms. The van der Waals surface area contributed by atoms with Gasteiger partial charge in [0.2, 0.25) is 5.91 Å². The molecule has 2 aliphatic rings. The predicted octanol–water partition coefficient (Wildman–Crippen LogP) is 3.37. The van der Waals surface area contributed by atoms with Gasteiger partial charge in [0.15, 0.2) is 11.6 Å². The van der Waals surface area contributed by atoms with Crippen LogP contribution in [0.2, 0.25) is 0 Å². The number of halogens is 2. The van der Waals surface area contributed by atoms with Crippen LogP contribution in [0.15, 0.2) is 30.6 Å². The van der Waals surface area contributed by atoms with E-state index in [2.05, 4.69) is 9.88 Å². The van der Waals surface area contributed by atoms with Crippen molar-refractivity contribution in [2.45, 2.75) is 45.7 Å². The topological polar surface area (TPSA) is 41.4 Å². The third kappa shape index (κ3) is 4.50. The lowest BCUT2D eigenvalue weighted by Crippen LogP contribution is -2.45. The molecule has 29 heavy (non-hydrogen) atoms. The van der Waals surface area contributed by atoms with Gasteiger partial charge in [-0.2, -0.15) is 0 Å². The maximum Gasteiger partial charge on any atom is 0.224 e. The Morgan fingerprint density at radius 1 is 1.17 bits per heavy atom. The number of carbonyl (C=O) groups is 1. The molecule has 1 aromatic heterocycles. The lowest BCUT2D eigenvalue weighted by molar-refractivity contribution is -0.131. The molecule has 0 aliphatic carbocycles. The lowest BCUT2D eigenvalue weighted by atomic mass is 9.79. The first-order valence-electron chi connectivity index (χ1n) is 10.4. The van der Waals surface area contributed by atoms with Crippen LogP contribution in [-0.2, 0) is 17.9 Å². The molecule has 5 nitrogen and oxygen atoms in total. The monoisotopic (exact) mass is 402 g/mol. The Kier molecular flexibility index (Phi) is 5.67. The van der Waals surface area contributed by atoms with Crippen molar-refractivity contribution in [3.63, 3.8) is 0 Å². The number of benzene rings is 1. The average molecular weight is 402 g/mol. The number of amides is 1. The molecule has 4 rings (SSSR count). The van der Waals surface area contributed by atoms with Gasteiger partial charge in [0.25, 0.3) is 0 Å². The zero-order valence-electron chi connectivity index (χ0n) is 16.9. The summed E-state index contributed by atoms with van der Waals surface area (Å²) in [5.41, 5.74) is 0.916. The number of imidazole rings is 1. The number of carbonyl (C=O) groups excluding carboxylic acids is 1. The minimum atomic E-state index is -0.806. The summed E-state index contributed by atoms with van der Waals surface area (Å²) in [5, 5.41) is 0. The molecule has 0 N–H and O–H groups in total. The molecule has 2 aromatic rings. The lowest BCUT2D eigenvalue weighted by Gasteiger charge is -2.40. The van der Waals surface area contributed by atoms with E-state index in [4.69, 9.17) is 0 Å². The summed E-state index contributed by atoms with van der Waals surface area (Å²) >= 11 is 0. The van der Waals surface area contributed by atoms with E-state index in [0.29, 0.717) is 19.5 Å². The van der Waals surface area contributed by atoms with Crippen molar-refractivity contribution >= 4 is 5.91 Å². The fraction of sp³-hybridized carbons (Fsp3) is 0.545. The molecule has 1 spiro atoms. The van der Waals surface area contributed by atoms with E-state index >= 15 is 0 Å². The minimum Gasteiger partial charge on any atom is -0.342 e. The quantitative estimate of drug-likeness (QED) is 0.770. The standard InChI is InChI=1S/C22H28F2N4O/c1-17-25-8-12-27(17)10-5-21(29)28-11-7-22(16-28)6-2-9-26(15-22)14-18-3-4-19(23)20(24)13-18/h3-4,8,12-13H,2,5-7,9-11,14-16H2,1H3. The zero-order valence-corrected chi connectivity index (χ0v) is 16.9. The molecular weight excluding hydrogens is 374 g/mol. The van der Waals surface area contributed by atoms with E-state index in [1.54, 1.807) is 12.3 Å². The molecule has 1 atom stereocenters. The average Bonchev–Trinajstić information content (AvgIpc) is 3.29. The Morgan fingerprint density at radius 3 is 2.79 bits per heavy atom. The number of aromatic nitrogens is 2. The van der Waals surface area contributed by atoms with Gasteiger partial charge in [-0.3, -0.25) is 9.69 Å². The van der Waals surface area contributed by atoms with Gasteiger partial charge in [-0.15, -0.1) is 0 Å². The molecule has 3 heterocycles. The smallest absolute Gasteiger partial charge is 0.224 e. The van der Waals surface area contributed by atoms with Crippen molar-refractivity contribution in [2.75, 3.05) is 26.2 Å². The first-order chi connectivity index (χ1) is 13.9. The third-order valence-corrected chi connectivity index (χ3v) is 6.41. The van der Waals surface area contributed by atoms with Crippen LogP contribution in [0.5, 0.6) is 0 Å². The largest absolute Gasteiger partial charge is 0.342 e. The van der Waals surface area contributed by atoms with Gasteiger partial charge in [-0.25, -0.2) is 13.8 Å². The van der Waals surface area contributed by atoms with E-state index in [9.17, 15) is 13.6 Å². The highest BCUT2D eigenvalue weighted by Gasteiger charge is 2.42. The van der Waals surface area contributed by atoms with E-state index in [1.165, 1.54) is 12.1 Å². The number of hydrogen-bond donors (Lipinski definition) is 0. The second-order valence-electron chi connectivity index (χ2n) is 8.55. The maximum absolute atomic E-state index is 13.5. The predicted molar refractivity (Wildman–Crippen MR) is 106 cm³/mol. The summed E-state index contributed by atoms with van der Waals surface area (Å²) in [7, 11) is 0. The van der Waals surface area contributed by atoms with Crippen LogP contribution < -0.4 is 0 Å². The summed E-state index contributed by atoms with van der Waals surface area (Å²) in [6.45, 7) is 6.68. The van der Waals surface area contributed by atoms with Crippen molar-refractivity contribution in [2.24, 2.45) is 5.41 Å². The summed E-state index contributed by atoms with van der Waals surface area (Å²) in [6.07, 6.45) is 7.36. The summed E-state index contributed by atoms with van der Waals surface area (Å²) in [6, 6.07) is 4.14. The Hall–Kier alpha value is -2.28. The van der Waals surface area contributed by atoms with Gasteiger partial charge in [0, 0.05) is 57.0 Å². The summed E-state index contributed by atoms with van der Waals surface area (Å²) < 4.78 is 28.7. The summed E-state index contributed by atoms with van der Waals surface area (Å²) in [5.74, 6) is -0.469. The van der Waals surface area contributed by atoms with Crippen molar-refractivity contribution in [1.82, 2.24) is 19.4 Å². The van der Waals surface area contributed by atoms with E-state index in [1.807, 2.05) is 22.6 Å². The van der Waals surface area contributed by atoms with Gasteiger partial charge in [0.05, 0.1) is 0 Å². The van der Waals surface area contributed by atoms with Gasteiger partial charge in [-0.05, 0) is 50.4 Å². The molecule has 7 heteroatoms. The fourth-order valence-corrected chi connectivity index (χ4v) is 4.84. The number of aryl methyl sites for hydroxylation is 2. The van der Waals surface area contributed by atoms with Gasteiger partial charge >= 0.3 is 0 Å². The van der Waals surface area contributed by atoms with Crippen LogP contribution in [0.3, 0.4) is 0 Å². The minimum absolute atomic E-state index is 0.122. The second-order valence-corrected chi connectivity index (χ2v) is 8.55. The molecule has 2 aliphatic heterocycles. The Morgan fingerprint density at radius 2 is 2.03 bits per heavy atom. The van der Waals surface area contributed by atoms with E-state index in [-0.39, 0.29) is 11.3 Å². The number of nitrogens with zero attached hydrogens (tertiary/aromatic N) is 4. The van der Waals surface area contributed by atoms with Gasteiger partial charge in [0.1, 0.15) is 5.82 Å². The highest BCUT2D eigenvalue weighted by atomic mass is 19.2. The van der Waals surface area contributed by atoms with E-state index in [0.717, 1.165) is 56.8 Å². The summed E-state index contributed by atoms with van der Waals surface area (Å²) in [4.78, 5) is 21.2. The molecule has 1 unspecified atom stereocenters. The van der Waals surface area contributed by atoms with Crippen molar-refractivity contribution in [1.29, 1.82) is 0 Å². The highest BCUT2D eigenvalue weighted by Crippen LogP contribution is 2.39. The molecule has 1 aromatic carbocycles. The molecule has 2 saturated heterocycles. The van der Waals surface area contributed by atoms with Crippen LogP contribution >= 0.6 is 0 Å². The second kappa shape index (κ2) is 8.22. The normalized spacial score (nSPS) is 22.5. The highest BCUT2D eigenvalue weighted by molar-refractivity contribution is 5.76. The molecule has 0 saturated carbocycles. The SMILES string of the molecule is Cc1nccn1CCC(=O)N1CCC2(CCCN(Cc3ccc(F)c(F)c3)C2)C1. The fourth-order valence-electron chi connectivity index (χ4n) is 4.84. The maximum atomic E-state index is 13.5. The molecular formula is C22H28F2N4O. The van der Waals surface area contributed by atoms with Gasteiger partial charge < -0.3 is 9.47 Å². The van der Waals surface area contributed by atoms with Crippen LogP contribution in [0, 0.1) is 24.0 Å². The molecule has 156 valence electrons. The Bertz CT molecular complexity index is 883.